The van der Waals surface area contributed by atoms with E-state index < -0.39 is 0 Å². The molecular weight excluding hydrogens is 326 g/mol. The van der Waals surface area contributed by atoms with Gasteiger partial charge in [0.25, 0.3) is 5.91 Å². The molecule has 0 aliphatic carbocycles. The zero-order chi connectivity index (χ0) is 9.14. The Hall–Kier alpha value is 0.130. The fourth-order valence-electron chi connectivity index (χ4n) is 0.549. The van der Waals surface area contributed by atoms with Gasteiger partial charge in [0.15, 0.2) is 0 Å². The van der Waals surface area contributed by atoms with E-state index in [1.165, 1.54) is 11.3 Å². The molecule has 2 nitrogen and oxygen atoms in total. The summed E-state index contributed by atoms with van der Waals surface area (Å²) in [5.74, 6) is -0.360. The number of halogens is 2. The Morgan fingerprint density at radius 2 is 2.33 bits per heavy atom. The molecule has 0 saturated carbocycles. The maximum atomic E-state index is 11.1. The fourth-order valence-corrected chi connectivity index (χ4v) is 2.55. The molecule has 0 unspecified atom stereocenters. The first kappa shape index (κ1) is 10.2. The van der Waals surface area contributed by atoms with Crippen molar-refractivity contribution in [3.05, 3.63) is 19.2 Å². The number of thiophene rings is 1. The predicted molar refractivity (Wildman–Crippen MR) is 59.1 cm³/mol. The minimum absolute atomic E-state index is 0.360. The van der Waals surface area contributed by atoms with Crippen LogP contribution < -0.4 is 0 Å². The summed E-state index contributed by atoms with van der Waals surface area (Å²) in [4.78, 5) is 15.0. The third kappa shape index (κ3) is 2.31. The van der Waals surface area contributed by atoms with Crippen LogP contribution in [0.2, 0.25) is 0 Å². The summed E-state index contributed by atoms with van der Waals surface area (Å²) in [6.45, 7) is 0. The van der Waals surface area contributed by atoms with Gasteiger partial charge in [0.2, 0.25) is 0 Å². The van der Waals surface area contributed by atoms with Gasteiger partial charge in [-0.15, -0.1) is 11.3 Å². The molecule has 1 aromatic heterocycles. The zero-order valence-corrected chi connectivity index (χ0v) is 10.3. The van der Waals surface area contributed by atoms with Gasteiger partial charge in [0.1, 0.15) is 0 Å². The van der Waals surface area contributed by atoms with Crippen LogP contribution in [-0.4, -0.2) is 11.1 Å². The van der Waals surface area contributed by atoms with Gasteiger partial charge in [-0.1, -0.05) is 0 Å². The van der Waals surface area contributed by atoms with Crippen LogP contribution in [0.25, 0.3) is 0 Å². The Bertz CT molecular complexity index is 348. The first-order chi connectivity index (χ1) is 5.65. The summed E-state index contributed by atoms with van der Waals surface area (Å²) in [5.41, 5.74) is 0. The highest BCUT2D eigenvalue weighted by Gasteiger charge is 2.10. The number of rotatable bonds is 1. The minimum atomic E-state index is -0.360. The highest BCUT2D eigenvalue weighted by molar-refractivity contribution is 9.13. The summed E-state index contributed by atoms with van der Waals surface area (Å²) < 4.78 is 1.71. The highest BCUT2D eigenvalue weighted by Crippen LogP contribution is 2.32. The number of hydrogen-bond acceptors (Lipinski definition) is 3. The molecule has 0 fully saturated rings. The second-order valence-electron chi connectivity index (χ2n) is 1.74. The molecule has 0 aliphatic rings. The summed E-state index contributed by atoms with van der Waals surface area (Å²) in [5, 5.41) is 2.03. The topological polar surface area (TPSA) is 29.4 Å². The number of aliphatic imine (C=N–C) groups is 1. The quantitative estimate of drug-likeness (QED) is 0.583. The maximum Gasteiger partial charge on any atom is 0.295 e. The van der Waals surface area contributed by atoms with Crippen LogP contribution in [-0.2, 0) is 0 Å². The SMILES string of the molecule is O=C(N=C=S)c1cc(Br)c(Br)s1. The first-order valence-electron chi connectivity index (χ1n) is 2.72. The van der Waals surface area contributed by atoms with Gasteiger partial charge in [-0.05, 0) is 50.1 Å². The number of amides is 1. The van der Waals surface area contributed by atoms with E-state index >= 15 is 0 Å². The van der Waals surface area contributed by atoms with E-state index in [0.29, 0.717) is 4.88 Å². The van der Waals surface area contributed by atoms with Crippen molar-refractivity contribution in [2.45, 2.75) is 0 Å². The molecule has 0 N–H and O–H groups in total. The smallest absolute Gasteiger partial charge is 0.265 e. The van der Waals surface area contributed by atoms with E-state index in [1.54, 1.807) is 6.07 Å². The van der Waals surface area contributed by atoms with Gasteiger partial charge in [-0.25, -0.2) is 0 Å². The number of hydrogen-bond donors (Lipinski definition) is 0. The van der Waals surface area contributed by atoms with E-state index in [2.05, 4.69) is 49.1 Å². The third-order valence-corrected chi connectivity index (χ3v) is 4.34. The molecule has 62 valence electrons. The van der Waals surface area contributed by atoms with Crippen LogP contribution in [0.15, 0.2) is 19.3 Å². The summed E-state index contributed by atoms with van der Waals surface area (Å²) in [6.07, 6.45) is 0. The zero-order valence-electron chi connectivity index (χ0n) is 5.51. The fraction of sp³-hybridized carbons (Fsp3) is 0. The second-order valence-corrected chi connectivity index (χ2v) is 5.15. The van der Waals surface area contributed by atoms with Crippen molar-refractivity contribution in [2.24, 2.45) is 4.99 Å². The second kappa shape index (κ2) is 4.39. The molecule has 1 heterocycles. The Labute approximate surface area is 95.0 Å². The predicted octanol–water partition coefficient (Wildman–Crippen LogP) is 3.52. The summed E-state index contributed by atoms with van der Waals surface area (Å²) >= 11 is 12.1. The molecule has 12 heavy (non-hydrogen) atoms. The number of isothiocyanates is 1. The lowest BCUT2D eigenvalue weighted by atomic mass is 10.4. The van der Waals surface area contributed by atoms with Crippen molar-refractivity contribution in [3.8, 4) is 0 Å². The monoisotopic (exact) mass is 325 g/mol. The Morgan fingerprint density at radius 1 is 1.67 bits per heavy atom. The third-order valence-electron chi connectivity index (χ3n) is 1.00. The van der Waals surface area contributed by atoms with Gasteiger partial charge in [-0.2, -0.15) is 4.99 Å². The van der Waals surface area contributed by atoms with Crippen molar-refractivity contribution < 1.29 is 4.79 Å². The molecule has 0 aromatic carbocycles. The molecule has 0 bridgehead atoms. The average molecular weight is 327 g/mol. The van der Waals surface area contributed by atoms with E-state index in [1.807, 2.05) is 5.16 Å². The van der Waals surface area contributed by atoms with Crippen molar-refractivity contribution in [2.75, 3.05) is 0 Å². The van der Waals surface area contributed by atoms with Crippen LogP contribution in [0, 0.1) is 0 Å². The molecule has 6 heteroatoms. The first-order valence-corrected chi connectivity index (χ1v) is 5.53. The van der Waals surface area contributed by atoms with Crippen LogP contribution in [0.1, 0.15) is 9.67 Å². The van der Waals surface area contributed by atoms with Crippen molar-refractivity contribution in [3.63, 3.8) is 0 Å². The molecule has 1 rings (SSSR count). The van der Waals surface area contributed by atoms with Gasteiger partial charge in [0.05, 0.1) is 13.8 Å². The minimum Gasteiger partial charge on any atom is -0.265 e. The van der Waals surface area contributed by atoms with Gasteiger partial charge in [0, 0.05) is 4.47 Å². The van der Waals surface area contributed by atoms with Crippen molar-refractivity contribution >= 4 is 66.5 Å². The Morgan fingerprint density at radius 3 is 2.75 bits per heavy atom. The maximum absolute atomic E-state index is 11.1. The Kier molecular flexibility index (Phi) is 3.74. The van der Waals surface area contributed by atoms with Crippen LogP contribution >= 0.6 is 55.4 Å². The van der Waals surface area contributed by atoms with Gasteiger partial charge < -0.3 is 0 Å². The highest BCUT2D eigenvalue weighted by atomic mass is 79.9. The van der Waals surface area contributed by atoms with Crippen LogP contribution in [0.4, 0.5) is 0 Å². The number of carbonyl (C=O) groups excluding carboxylic acids is 1. The lowest BCUT2D eigenvalue weighted by Gasteiger charge is -1.81. The van der Waals surface area contributed by atoms with Gasteiger partial charge in [-0.3, -0.25) is 4.79 Å². The number of carbonyl (C=O) groups is 1. The van der Waals surface area contributed by atoms with Crippen LogP contribution in [0.3, 0.4) is 0 Å². The van der Waals surface area contributed by atoms with E-state index in [4.69, 9.17) is 0 Å². The van der Waals surface area contributed by atoms with Crippen LogP contribution in [0.5, 0.6) is 0 Å². The number of nitrogens with zero attached hydrogens (tertiary/aromatic N) is 1. The molecule has 1 aromatic rings. The molecule has 0 saturated heterocycles. The van der Waals surface area contributed by atoms with E-state index in [-0.39, 0.29) is 5.91 Å². The molecule has 1 amide bonds. The summed E-state index contributed by atoms with van der Waals surface area (Å²) in [7, 11) is 0. The molecule has 0 atom stereocenters. The van der Waals surface area contributed by atoms with E-state index in [9.17, 15) is 4.79 Å². The standard InChI is InChI=1S/C6HBr2NOS2/c7-3-1-4(12-5(3)8)6(10)9-2-11/h1H. The van der Waals surface area contributed by atoms with Crippen molar-refractivity contribution in [1.29, 1.82) is 0 Å². The van der Waals surface area contributed by atoms with Crippen molar-refractivity contribution in [1.82, 2.24) is 0 Å². The lowest BCUT2D eigenvalue weighted by Crippen LogP contribution is -1.87. The Balaban J connectivity index is 3.04. The van der Waals surface area contributed by atoms with E-state index in [0.717, 1.165) is 8.26 Å². The average Bonchev–Trinajstić information content (AvgIpc) is 2.33. The summed E-state index contributed by atoms with van der Waals surface area (Å²) in [6, 6.07) is 1.69. The lowest BCUT2D eigenvalue weighted by molar-refractivity contribution is 0.101. The molecule has 0 aliphatic heterocycles. The molecule has 0 spiro atoms. The number of thiocarbonyl (C=S) groups is 1. The largest absolute Gasteiger partial charge is 0.295 e. The normalized spacial score (nSPS) is 9.17. The van der Waals surface area contributed by atoms with Gasteiger partial charge >= 0.3 is 0 Å². The molecular formula is C6HBr2NOS2. The molecule has 0 radical (unpaired) electrons.